The average molecular weight is 656 g/mol. The number of anilines is 4. The summed E-state index contributed by atoms with van der Waals surface area (Å²) >= 11 is 0. The molecule has 0 unspecified atom stereocenters. The number of amides is 2. The lowest BCUT2D eigenvalue weighted by Gasteiger charge is -2.11. The van der Waals surface area contributed by atoms with Crippen LogP contribution in [0.1, 0.15) is 32.1 Å². The second-order valence-corrected chi connectivity index (χ2v) is 13.7. The Labute approximate surface area is 266 Å². The van der Waals surface area contributed by atoms with Crippen LogP contribution in [0.2, 0.25) is 0 Å². The highest BCUT2D eigenvalue weighted by Crippen LogP contribution is 2.21. The maximum Gasteiger partial charge on any atom is 0.274 e. The summed E-state index contributed by atoms with van der Waals surface area (Å²) in [6.45, 7) is 3.73. The van der Waals surface area contributed by atoms with Gasteiger partial charge in [-0.3, -0.25) is 19.0 Å². The quantitative estimate of drug-likeness (QED) is 0.148. The molecule has 0 aliphatic heterocycles. The van der Waals surface area contributed by atoms with Gasteiger partial charge in [-0.1, -0.05) is 41.5 Å². The number of nitrogens with zero attached hydrogens (tertiary/aromatic N) is 1. The molecule has 5 aromatic rings. The lowest BCUT2D eigenvalue weighted by molar-refractivity contribution is 0.101. The Morgan fingerprint density at radius 1 is 0.478 bits per heavy atom. The van der Waals surface area contributed by atoms with Crippen LogP contribution < -0.4 is 20.1 Å². The third-order valence-electron chi connectivity index (χ3n) is 6.67. The van der Waals surface area contributed by atoms with Crippen molar-refractivity contribution in [3.63, 3.8) is 0 Å². The molecular formula is C33H29N5O6S2. The minimum Gasteiger partial charge on any atom is -0.321 e. The summed E-state index contributed by atoms with van der Waals surface area (Å²) in [7, 11) is -7.56. The van der Waals surface area contributed by atoms with Crippen molar-refractivity contribution in [2.45, 2.75) is 23.6 Å². The Balaban J connectivity index is 1.18. The number of benzene rings is 4. The Kier molecular flexibility index (Phi) is 9.16. The van der Waals surface area contributed by atoms with Gasteiger partial charge in [-0.25, -0.2) is 21.8 Å². The van der Waals surface area contributed by atoms with Crippen molar-refractivity contribution < 1.29 is 26.4 Å². The molecule has 0 bridgehead atoms. The molecule has 1 aromatic heterocycles. The van der Waals surface area contributed by atoms with Gasteiger partial charge in [-0.2, -0.15) is 0 Å². The second-order valence-electron chi connectivity index (χ2n) is 10.3. The number of aromatic nitrogens is 1. The van der Waals surface area contributed by atoms with Gasteiger partial charge in [-0.15, -0.1) is 0 Å². The molecule has 13 heteroatoms. The van der Waals surface area contributed by atoms with Crippen LogP contribution in [-0.2, 0) is 20.0 Å². The summed E-state index contributed by atoms with van der Waals surface area (Å²) in [6, 6.07) is 29.5. The third-order valence-corrected chi connectivity index (χ3v) is 9.46. The largest absolute Gasteiger partial charge is 0.321 e. The van der Waals surface area contributed by atoms with E-state index in [4.69, 9.17) is 0 Å². The van der Waals surface area contributed by atoms with E-state index in [1.165, 1.54) is 91.0 Å². The summed E-state index contributed by atoms with van der Waals surface area (Å²) in [5, 5.41) is 5.35. The molecule has 2 amide bonds. The van der Waals surface area contributed by atoms with Gasteiger partial charge in [0.2, 0.25) is 0 Å². The summed E-state index contributed by atoms with van der Waals surface area (Å²) in [5.41, 5.74) is 3.24. The Morgan fingerprint density at radius 2 is 0.804 bits per heavy atom. The number of rotatable bonds is 10. The first kappa shape index (κ1) is 31.9. The molecule has 4 aromatic carbocycles. The Hall–Kier alpha value is -5.53. The zero-order chi connectivity index (χ0) is 32.9. The molecule has 0 spiro atoms. The average Bonchev–Trinajstić information content (AvgIpc) is 3.03. The van der Waals surface area contributed by atoms with Gasteiger partial charge in [0, 0.05) is 22.7 Å². The van der Waals surface area contributed by atoms with Gasteiger partial charge in [0.25, 0.3) is 31.9 Å². The normalized spacial score (nSPS) is 11.3. The number of pyridine rings is 1. The summed E-state index contributed by atoms with van der Waals surface area (Å²) in [6.07, 6.45) is 0. The number of hydrogen-bond donors (Lipinski definition) is 4. The highest BCUT2D eigenvalue weighted by atomic mass is 32.2. The summed E-state index contributed by atoms with van der Waals surface area (Å²) < 4.78 is 55.6. The Bertz CT molecular complexity index is 1950. The van der Waals surface area contributed by atoms with Gasteiger partial charge in [0.1, 0.15) is 11.4 Å². The molecule has 0 atom stereocenters. The van der Waals surface area contributed by atoms with E-state index in [2.05, 4.69) is 25.1 Å². The number of nitrogens with one attached hydrogen (secondary N) is 4. The maximum atomic E-state index is 12.9. The number of carbonyl (C=O) groups excluding carboxylic acids is 2. The molecule has 46 heavy (non-hydrogen) atoms. The minimum absolute atomic E-state index is 0.0161. The van der Waals surface area contributed by atoms with E-state index >= 15 is 0 Å². The van der Waals surface area contributed by atoms with E-state index < -0.39 is 31.9 Å². The van der Waals surface area contributed by atoms with Crippen LogP contribution in [0.5, 0.6) is 0 Å². The molecule has 234 valence electrons. The fraction of sp³-hybridized carbons (Fsp3) is 0.0606. The molecule has 4 N–H and O–H groups in total. The first-order valence-electron chi connectivity index (χ1n) is 13.9. The molecule has 5 rings (SSSR count). The van der Waals surface area contributed by atoms with E-state index in [0.29, 0.717) is 22.7 Å². The van der Waals surface area contributed by atoms with Gasteiger partial charge < -0.3 is 10.6 Å². The molecule has 0 aliphatic rings. The van der Waals surface area contributed by atoms with Crippen LogP contribution in [0.15, 0.2) is 125 Å². The predicted octanol–water partition coefficient (Wildman–Crippen LogP) is 5.80. The monoisotopic (exact) mass is 655 g/mol. The van der Waals surface area contributed by atoms with Crippen LogP contribution in [0.4, 0.5) is 22.7 Å². The van der Waals surface area contributed by atoms with Crippen molar-refractivity contribution in [3.05, 3.63) is 138 Å². The molecule has 0 saturated heterocycles. The predicted molar refractivity (Wildman–Crippen MR) is 177 cm³/mol. The van der Waals surface area contributed by atoms with Crippen LogP contribution >= 0.6 is 0 Å². The smallest absolute Gasteiger partial charge is 0.274 e. The summed E-state index contributed by atoms with van der Waals surface area (Å²) in [4.78, 5) is 30.2. The zero-order valence-corrected chi connectivity index (χ0v) is 26.3. The minimum atomic E-state index is -3.78. The van der Waals surface area contributed by atoms with Crippen LogP contribution in [0.3, 0.4) is 0 Å². The van der Waals surface area contributed by atoms with E-state index in [0.717, 1.165) is 11.1 Å². The molecular weight excluding hydrogens is 627 g/mol. The van der Waals surface area contributed by atoms with E-state index in [1.807, 2.05) is 13.8 Å². The van der Waals surface area contributed by atoms with Crippen molar-refractivity contribution in [2.75, 3.05) is 20.1 Å². The fourth-order valence-corrected chi connectivity index (χ4v) is 6.30. The lowest BCUT2D eigenvalue weighted by atomic mass is 10.2. The lowest BCUT2D eigenvalue weighted by Crippen LogP contribution is -2.18. The zero-order valence-electron chi connectivity index (χ0n) is 24.7. The SMILES string of the molecule is Cc1ccc(S(=O)(=O)Nc2ccc(NC(=O)c3cccc(C(=O)Nc4ccc(NS(=O)(=O)c5ccc(C)cc5)cc4)n3)cc2)cc1. The van der Waals surface area contributed by atoms with Crippen molar-refractivity contribution in [3.8, 4) is 0 Å². The first-order chi connectivity index (χ1) is 21.9. The molecule has 0 radical (unpaired) electrons. The molecule has 1 heterocycles. The maximum absolute atomic E-state index is 12.9. The number of sulfonamides is 2. The van der Waals surface area contributed by atoms with Crippen molar-refractivity contribution in [1.82, 2.24) is 4.98 Å². The van der Waals surface area contributed by atoms with Gasteiger partial charge in [0.05, 0.1) is 9.79 Å². The standard InChI is InChI=1S/C33H29N5O6S2/c1-22-6-18-28(19-7-22)45(41,42)37-26-14-10-24(11-15-26)34-32(39)30-4-3-5-31(36-30)33(40)35-25-12-16-27(17-13-25)38-46(43,44)29-20-8-23(2)9-21-29/h3-21,37-38H,1-2H3,(H,34,39)(H,35,40). The van der Waals surface area contributed by atoms with E-state index in [9.17, 15) is 26.4 Å². The van der Waals surface area contributed by atoms with Crippen LogP contribution in [-0.4, -0.2) is 33.6 Å². The van der Waals surface area contributed by atoms with Crippen LogP contribution in [0.25, 0.3) is 0 Å². The Morgan fingerprint density at radius 3 is 1.15 bits per heavy atom. The van der Waals surface area contributed by atoms with E-state index in [-0.39, 0.29) is 21.2 Å². The van der Waals surface area contributed by atoms with Crippen LogP contribution in [0, 0.1) is 13.8 Å². The topological polar surface area (TPSA) is 163 Å². The number of carbonyl (C=O) groups is 2. The van der Waals surface area contributed by atoms with Crippen molar-refractivity contribution in [2.24, 2.45) is 0 Å². The highest BCUT2D eigenvalue weighted by Gasteiger charge is 2.17. The second kappa shape index (κ2) is 13.2. The highest BCUT2D eigenvalue weighted by molar-refractivity contribution is 7.93. The van der Waals surface area contributed by atoms with Gasteiger partial charge in [0.15, 0.2) is 0 Å². The molecule has 0 saturated carbocycles. The third kappa shape index (κ3) is 7.94. The van der Waals surface area contributed by atoms with Crippen molar-refractivity contribution in [1.29, 1.82) is 0 Å². The molecule has 11 nitrogen and oxygen atoms in total. The number of aryl methyl sites for hydroxylation is 2. The summed E-state index contributed by atoms with van der Waals surface area (Å²) in [5.74, 6) is -1.15. The molecule has 0 aliphatic carbocycles. The van der Waals surface area contributed by atoms with Gasteiger partial charge in [-0.05, 0) is 98.8 Å². The van der Waals surface area contributed by atoms with Gasteiger partial charge >= 0.3 is 0 Å². The molecule has 0 fully saturated rings. The first-order valence-corrected chi connectivity index (χ1v) is 16.8. The van der Waals surface area contributed by atoms with Crippen molar-refractivity contribution >= 4 is 54.6 Å². The van der Waals surface area contributed by atoms with E-state index in [1.54, 1.807) is 24.3 Å². The fourth-order valence-electron chi connectivity index (χ4n) is 4.18. The number of hydrogen-bond acceptors (Lipinski definition) is 7.